The van der Waals surface area contributed by atoms with Crippen molar-refractivity contribution in [2.24, 2.45) is 4.99 Å². The van der Waals surface area contributed by atoms with Crippen molar-refractivity contribution in [3.8, 4) is 0 Å². The zero-order chi connectivity index (χ0) is 18.2. The van der Waals surface area contributed by atoms with Gasteiger partial charge in [-0.1, -0.05) is 6.92 Å². The highest BCUT2D eigenvalue weighted by Crippen LogP contribution is 2.33. The average Bonchev–Trinajstić information content (AvgIpc) is 3.17. The Bertz CT molecular complexity index is 441. The van der Waals surface area contributed by atoms with Crippen LogP contribution in [0.1, 0.15) is 32.6 Å². The molecule has 0 aromatic rings. The van der Waals surface area contributed by atoms with E-state index in [2.05, 4.69) is 44.1 Å². The maximum absolute atomic E-state index is 5.57. The van der Waals surface area contributed by atoms with Gasteiger partial charge in [0.05, 0.1) is 13.2 Å². The molecule has 0 spiro atoms. The van der Waals surface area contributed by atoms with Gasteiger partial charge in [0, 0.05) is 57.1 Å². The van der Waals surface area contributed by atoms with E-state index in [1.165, 1.54) is 56.8 Å². The summed E-state index contributed by atoms with van der Waals surface area (Å²) in [5, 5.41) is 7.34. The number of thioether (sulfide) groups is 1. The monoisotopic (exact) mass is 383 g/mol. The maximum atomic E-state index is 5.57. The predicted molar refractivity (Wildman–Crippen MR) is 111 cm³/mol. The summed E-state index contributed by atoms with van der Waals surface area (Å²) in [5.41, 5.74) is 0.260. The first-order valence-electron chi connectivity index (χ1n) is 10.4. The summed E-state index contributed by atoms with van der Waals surface area (Å²) in [4.78, 5) is 9.74. The van der Waals surface area contributed by atoms with Crippen LogP contribution in [0.15, 0.2) is 4.99 Å². The minimum absolute atomic E-state index is 0.260. The molecule has 3 aliphatic heterocycles. The van der Waals surface area contributed by atoms with Gasteiger partial charge < -0.3 is 20.3 Å². The molecule has 2 N–H and O–H groups in total. The van der Waals surface area contributed by atoms with Crippen LogP contribution in [0.4, 0.5) is 0 Å². The van der Waals surface area contributed by atoms with Crippen molar-refractivity contribution >= 4 is 17.7 Å². The van der Waals surface area contributed by atoms with E-state index in [1.807, 2.05) is 7.05 Å². The van der Waals surface area contributed by atoms with Gasteiger partial charge in [-0.05, 0) is 38.0 Å². The zero-order valence-electron chi connectivity index (χ0n) is 16.6. The Kier molecular flexibility index (Phi) is 7.91. The largest absolute Gasteiger partial charge is 0.379 e. The Balaban J connectivity index is 1.48. The smallest absolute Gasteiger partial charge is 0.191 e. The van der Waals surface area contributed by atoms with Gasteiger partial charge in [-0.2, -0.15) is 11.8 Å². The van der Waals surface area contributed by atoms with E-state index in [-0.39, 0.29) is 5.54 Å². The van der Waals surface area contributed by atoms with Crippen LogP contribution < -0.4 is 10.6 Å². The van der Waals surface area contributed by atoms with Gasteiger partial charge in [-0.15, -0.1) is 0 Å². The molecule has 1 atom stereocenters. The number of piperidine rings is 1. The molecule has 0 radical (unpaired) electrons. The molecule has 6 nitrogen and oxygen atoms in total. The minimum Gasteiger partial charge on any atom is -0.379 e. The van der Waals surface area contributed by atoms with Crippen molar-refractivity contribution in [3.63, 3.8) is 0 Å². The fraction of sp³-hybridized carbons (Fsp3) is 0.947. The Morgan fingerprint density at radius 3 is 2.62 bits per heavy atom. The molecule has 3 rings (SSSR count). The van der Waals surface area contributed by atoms with E-state index in [9.17, 15) is 0 Å². The van der Waals surface area contributed by atoms with E-state index in [0.29, 0.717) is 6.04 Å². The summed E-state index contributed by atoms with van der Waals surface area (Å²) in [6.45, 7) is 10.8. The molecule has 0 saturated carbocycles. The Labute approximate surface area is 163 Å². The first-order valence-corrected chi connectivity index (χ1v) is 11.5. The molecule has 0 aromatic heterocycles. The molecular weight excluding hydrogens is 346 g/mol. The van der Waals surface area contributed by atoms with Crippen LogP contribution in [0.3, 0.4) is 0 Å². The number of morpholine rings is 1. The van der Waals surface area contributed by atoms with Crippen molar-refractivity contribution < 1.29 is 4.74 Å². The normalized spacial score (nSPS) is 29.8. The van der Waals surface area contributed by atoms with Gasteiger partial charge in [0.25, 0.3) is 0 Å². The molecule has 3 fully saturated rings. The third kappa shape index (κ3) is 5.27. The molecule has 3 heterocycles. The molecule has 0 aliphatic carbocycles. The topological polar surface area (TPSA) is 52.1 Å². The van der Waals surface area contributed by atoms with Crippen LogP contribution in [0.25, 0.3) is 0 Å². The van der Waals surface area contributed by atoms with Crippen LogP contribution in [-0.2, 0) is 4.74 Å². The second kappa shape index (κ2) is 10.2. The number of hydrogen-bond acceptors (Lipinski definition) is 5. The van der Waals surface area contributed by atoms with Crippen molar-refractivity contribution in [2.75, 3.05) is 71.0 Å². The molecule has 26 heavy (non-hydrogen) atoms. The third-order valence-electron chi connectivity index (χ3n) is 6.04. The first kappa shape index (κ1) is 20.2. The summed E-state index contributed by atoms with van der Waals surface area (Å²) in [6.07, 6.45) is 4.94. The SMILES string of the molecule is CCCN1CCC(NC(=NC)NCC2(N3CCOCC3)CCSC2)CC1. The van der Waals surface area contributed by atoms with Crippen LogP contribution in [0.2, 0.25) is 0 Å². The lowest BCUT2D eigenvalue weighted by Gasteiger charge is -2.43. The van der Waals surface area contributed by atoms with Gasteiger partial charge in [-0.3, -0.25) is 9.89 Å². The molecule has 150 valence electrons. The number of aliphatic imine (C=N–C) groups is 1. The van der Waals surface area contributed by atoms with Crippen molar-refractivity contribution in [2.45, 2.75) is 44.2 Å². The highest BCUT2D eigenvalue weighted by molar-refractivity contribution is 7.99. The Morgan fingerprint density at radius 1 is 1.23 bits per heavy atom. The average molecular weight is 384 g/mol. The lowest BCUT2D eigenvalue weighted by Crippen LogP contribution is -2.60. The quantitative estimate of drug-likeness (QED) is 0.532. The maximum Gasteiger partial charge on any atom is 0.191 e. The van der Waals surface area contributed by atoms with Gasteiger partial charge >= 0.3 is 0 Å². The van der Waals surface area contributed by atoms with Crippen LogP contribution in [0.5, 0.6) is 0 Å². The number of guanidine groups is 1. The molecule has 3 saturated heterocycles. The van der Waals surface area contributed by atoms with Crippen molar-refractivity contribution in [1.82, 2.24) is 20.4 Å². The highest BCUT2D eigenvalue weighted by Gasteiger charge is 2.40. The molecule has 0 bridgehead atoms. The first-order chi connectivity index (χ1) is 12.8. The summed E-state index contributed by atoms with van der Waals surface area (Å²) in [6, 6.07) is 0.548. The fourth-order valence-corrected chi connectivity index (χ4v) is 5.87. The van der Waals surface area contributed by atoms with Crippen LogP contribution in [-0.4, -0.2) is 98.4 Å². The number of hydrogen-bond donors (Lipinski definition) is 2. The summed E-state index contributed by atoms with van der Waals surface area (Å²) >= 11 is 2.09. The lowest BCUT2D eigenvalue weighted by molar-refractivity contribution is -0.0120. The van der Waals surface area contributed by atoms with E-state index in [4.69, 9.17) is 4.74 Å². The van der Waals surface area contributed by atoms with Crippen LogP contribution >= 0.6 is 11.8 Å². The molecule has 7 heteroatoms. The van der Waals surface area contributed by atoms with Gasteiger partial charge in [0.1, 0.15) is 0 Å². The predicted octanol–water partition coefficient (Wildman–Crippen LogP) is 1.23. The second-order valence-corrected chi connectivity index (χ2v) is 8.92. The zero-order valence-corrected chi connectivity index (χ0v) is 17.5. The summed E-state index contributed by atoms with van der Waals surface area (Å²) < 4.78 is 5.57. The van der Waals surface area contributed by atoms with E-state index in [1.54, 1.807) is 0 Å². The third-order valence-corrected chi connectivity index (χ3v) is 7.28. The van der Waals surface area contributed by atoms with Crippen molar-refractivity contribution in [3.05, 3.63) is 0 Å². The second-order valence-electron chi connectivity index (χ2n) is 7.81. The van der Waals surface area contributed by atoms with Gasteiger partial charge in [0.15, 0.2) is 5.96 Å². The number of rotatable bonds is 6. The summed E-state index contributed by atoms with van der Waals surface area (Å²) in [5.74, 6) is 3.45. The Hall–Kier alpha value is -0.500. The molecule has 1 unspecified atom stereocenters. The number of nitrogens with zero attached hydrogens (tertiary/aromatic N) is 3. The summed E-state index contributed by atoms with van der Waals surface area (Å²) in [7, 11) is 1.90. The number of likely N-dealkylation sites (tertiary alicyclic amines) is 1. The molecule has 0 aromatic carbocycles. The van der Waals surface area contributed by atoms with Gasteiger partial charge in [-0.25, -0.2) is 0 Å². The fourth-order valence-electron chi connectivity index (χ4n) is 4.39. The van der Waals surface area contributed by atoms with E-state index >= 15 is 0 Å². The standard InChI is InChI=1S/C19H37N5OS/c1-3-7-23-8-4-17(5-9-23)22-18(20-2)21-15-19(6-14-26-16-19)24-10-12-25-13-11-24/h17H,3-16H2,1-2H3,(H2,20,21,22). The molecule has 3 aliphatic rings. The van der Waals surface area contributed by atoms with E-state index in [0.717, 1.165) is 38.8 Å². The number of ether oxygens (including phenoxy) is 1. The molecular formula is C19H37N5OS. The lowest BCUT2D eigenvalue weighted by atomic mass is 9.95. The Morgan fingerprint density at radius 2 is 2.00 bits per heavy atom. The van der Waals surface area contributed by atoms with Crippen LogP contribution in [0, 0.1) is 0 Å². The van der Waals surface area contributed by atoms with E-state index < -0.39 is 0 Å². The minimum atomic E-state index is 0.260. The highest BCUT2D eigenvalue weighted by atomic mass is 32.2. The van der Waals surface area contributed by atoms with Crippen molar-refractivity contribution in [1.29, 1.82) is 0 Å². The van der Waals surface area contributed by atoms with Gasteiger partial charge in [0.2, 0.25) is 0 Å². The number of nitrogens with one attached hydrogen (secondary N) is 2. The molecule has 0 amide bonds.